The maximum Gasteiger partial charge on any atom is 0.237 e. The number of hydroxylamine groups is 1. The minimum atomic E-state index is -0.201. The lowest BCUT2D eigenvalue weighted by Crippen LogP contribution is -2.64. The highest BCUT2D eigenvalue weighted by atomic mass is 32.2. The number of amides is 3. The fourth-order valence-corrected chi connectivity index (χ4v) is 7.16. The molecule has 37 heavy (non-hydrogen) atoms. The quantitative estimate of drug-likeness (QED) is 0.178. The molecule has 7 atom stereocenters. The third-order valence-corrected chi connectivity index (χ3v) is 9.06. The van der Waals surface area contributed by atoms with Gasteiger partial charge in [0, 0.05) is 42.9 Å². The van der Waals surface area contributed by atoms with Crippen LogP contribution in [0.5, 0.6) is 0 Å². The van der Waals surface area contributed by atoms with Gasteiger partial charge in [0.15, 0.2) is 0 Å². The standard InChI is InChI=1S/C25H45N7O4S/c1-15(2)12-20(34)28-22-13-16(14-37-22)23-29-21(36-32-23)9-8-19(33)26-10-5-11-27-24-17-6-3-4-7-18(17)25(35)31-30-24/h15-18,21-24,27,29-30,32H,3-14H2,1-2H3,(H,26,33)(H,28,34)(H,31,35). The average Bonchev–Trinajstić information content (AvgIpc) is 3.53. The normalized spacial score (nSPS) is 33.7. The van der Waals surface area contributed by atoms with Crippen molar-refractivity contribution >= 4 is 29.5 Å². The van der Waals surface area contributed by atoms with Crippen LogP contribution in [0.4, 0.5) is 0 Å². The van der Waals surface area contributed by atoms with Gasteiger partial charge in [0.25, 0.3) is 0 Å². The first-order chi connectivity index (χ1) is 17.9. The molecule has 0 spiro atoms. The van der Waals surface area contributed by atoms with Crippen molar-refractivity contribution in [2.75, 3.05) is 18.8 Å². The topological polar surface area (TPSA) is 145 Å². The monoisotopic (exact) mass is 539 g/mol. The van der Waals surface area contributed by atoms with E-state index in [1.54, 1.807) is 11.8 Å². The van der Waals surface area contributed by atoms with E-state index < -0.39 is 0 Å². The molecule has 0 bridgehead atoms. The highest BCUT2D eigenvalue weighted by Gasteiger charge is 2.40. The Labute approximate surface area is 224 Å². The van der Waals surface area contributed by atoms with Gasteiger partial charge in [-0.2, -0.15) is 5.48 Å². The van der Waals surface area contributed by atoms with E-state index in [1.807, 2.05) is 0 Å². The second kappa shape index (κ2) is 14.1. The minimum absolute atomic E-state index is 0.0219. The van der Waals surface area contributed by atoms with Crippen LogP contribution < -0.4 is 37.6 Å². The molecule has 0 aromatic rings. The van der Waals surface area contributed by atoms with Gasteiger partial charge in [-0.1, -0.05) is 26.7 Å². The predicted octanol–water partition coefficient (Wildman–Crippen LogP) is 0.648. The third kappa shape index (κ3) is 8.52. The molecule has 3 aliphatic heterocycles. The summed E-state index contributed by atoms with van der Waals surface area (Å²) >= 11 is 1.78. The molecular formula is C25H45N7O4S. The Morgan fingerprint density at radius 1 is 1.16 bits per heavy atom. The molecule has 3 saturated heterocycles. The van der Waals surface area contributed by atoms with Gasteiger partial charge in [0.2, 0.25) is 17.7 Å². The van der Waals surface area contributed by atoms with Crippen LogP contribution in [0.15, 0.2) is 0 Å². The number of thioether (sulfide) groups is 1. The number of fused-ring (bicyclic) bond motifs is 1. The van der Waals surface area contributed by atoms with Crippen LogP contribution in [0.3, 0.4) is 0 Å². The van der Waals surface area contributed by atoms with Crippen molar-refractivity contribution in [1.82, 2.24) is 37.6 Å². The molecule has 210 valence electrons. The molecule has 3 heterocycles. The summed E-state index contributed by atoms with van der Waals surface area (Å²) in [6, 6.07) is 0. The summed E-state index contributed by atoms with van der Waals surface area (Å²) < 4.78 is 0. The predicted molar refractivity (Wildman–Crippen MR) is 142 cm³/mol. The smallest absolute Gasteiger partial charge is 0.237 e. The van der Waals surface area contributed by atoms with E-state index in [4.69, 9.17) is 4.84 Å². The Hall–Kier alpha value is -1.44. The number of hydrazine groups is 1. The Bertz CT molecular complexity index is 788. The lowest BCUT2D eigenvalue weighted by atomic mass is 9.76. The summed E-state index contributed by atoms with van der Waals surface area (Å²) in [5.41, 5.74) is 9.01. The second-order valence-corrected chi connectivity index (χ2v) is 12.4. The number of rotatable bonds is 12. The Balaban J connectivity index is 1.04. The molecule has 4 fully saturated rings. The number of carbonyl (C=O) groups is 3. The van der Waals surface area contributed by atoms with Crippen LogP contribution in [0.2, 0.25) is 0 Å². The van der Waals surface area contributed by atoms with Gasteiger partial charge < -0.3 is 16.0 Å². The summed E-state index contributed by atoms with van der Waals surface area (Å²) in [5.74, 6) is 2.37. The molecule has 7 N–H and O–H groups in total. The molecule has 1 saturated carbocycles. The van der Waals surface area contributed by atoms with Gasteiger partial charge >= 0.3 is 0 Å². The van der Waals surface area contributed by atoms with E-state index in [1.165, 1.54) is 6.42 Å². The van der Waals surface area contributed by atoms with Gasteiger partial charge in [-0.25, -0.2) is 5.43 Å². The van der Waals surface area contributed by atoms with Gasteiger partial charge in [-0.05, 0) is 44.6 Å². The lowest BCUT2D eigenvalue weighted by molar-refractivity contribution is -0.134. The fourth-order valence-electron chi connectivity index (χ4n) is 5.75. The van der Waals surface area contributed by atoms with Crippen molar-refractivity contribution < 1.29 is 19.2 Å². The van der Waals surface area contributed by atoms with Crippen LogP contribution in [0.25, 0.3) is 0 Å². The van der Waals surface area contributed by atoms with Crippen molar-refractivity contribution in [3.8, 4) is 0 Å². The van der Waals surface area contributed by atoms with Crippen molar-refractivity contribution in [3.05, 3.63) is 0 Å². The minimum Gasteiger partial charge on any atom is -0.356 e. The lowest BCUT2D eigenvalue weighted by Gasteiger charge is -2.41. The summed E-state index contributed by atoms with van der Waals surface area (Å²) in [6.45, 7) is 5.49. The maximum atomic E-state index is 12.3. The zero-order valence-corrected chi connectivity index (χ0v) is 23.0. The highest BCUT2D eigenvalue weighted by molar-refractivity contribution is 8.00. The molecule has 0 radical (unpaired) electrons. The number of hydrogen-bond acceptors (Lipinski definition) is 9. The second-order valence-electron chi connectivity index (χ2n) is 11.2. The molecule has 12 heteroatoms. The van der Waals surface area contributed by atoms with Gasteiger partial charge in [-0.15, -0.1) is 11.8 Å². The summed E-state index contributed by atoms with van der Waals surface area (Å²) in [7, 11) is 0. The number of hydrogen-bond donors (Lipinski definition) is 7. The SMILES string of the molecule is CC(C)CC(=O)NC1CC(C2NOC(CCC(=O)NCCCNC3NNC(=O)C4CCCCC34)N2)CS1. The van der Waals surface area contributed by atoms with Crippen LogP contribution in [0.1, 0.15) is 71.6 Å². The maximum absolute atomic E-state index is 12.3. The van der Waals surface area contributed by atoms with E-state index in [0.29, 0.717) is 43.6 Å². The largest absolute Gasteiger partial charge is 0.356 e. The van der Waals surface area contributed by atoms with Crippen LogP contribution in [0, 0.1) is 23.7 Å². The molecule has 0 aromatic carbocycles. The Morgan fingerprint density at radius 2 is 2.00 bits per heavy atom. The summed E-state index contributed by atoms with van der Waals surface area (Å²) in [4.78, 5) is 42.1. The molecule has 0 aromatic heterocycles. The molecular weight excluding hydrogens is 494 g/mol. The third-order valence-electron chi connectivity index (χ3n) is 7.73. The van der Waals surface area contributed by atoms with E-state index >= 15 is 0 Å². The van der Waals surface area contributed by atoms with Crippen LogP contribution in [-0.4, -0.2) is 60.5 Å². The van der Waals surface area contributed by atoms with Crippen molar-refractivity contribution in [3.63, 3.8) is 0 Å². The van der Waals surface area contributed by atoms with Gasteiger partial charge in [-0.3, -0.25) is 30.0 Å². The number of nitrogens with one attached hydrogen (secondary N) is 7. The van der Waals surface area contributed by atoms with Crippen molar-refractivity contribution in [2.45, 2.75) is 95.6 Å². The fraction of sp³-hybridized carbons (Fsp3) is 0.880. The average molecular weight is 540 g/mol. The highest BCUT2D eigenvalue weighted by Crippen LogP contribution is 2.34. The first-order valence-corrected chi connectivity index (χ1v) is 15.1. The first kappa shape index (κ1) is 28.6. The zero-order valence-electron chi connectivity index (χ0n) is 22.1. The Kier molecular flexibility index (Phi) is 10.9. The van der Waals surface area contributed by atoms with E-state index in [0.717, 1.165) is 44.4 Å². The summed E-state index contributed by atoms with van der Waals surface area (Å²) in [6.07, 6.45) is 7.54. The van der Waals surface area contributed by atoms with E-state index in [2.05, 4.69) is 51.4 Å². The molecule has 3 amide bonds. The molecule has 7 unspecified atom stereocenters. The molecule has 4 aliphatic rings. The van der Waals surface area contributed by atoms with E-state index in [9.17, 15) is 14.4 Å². The first-order valence-electron chi connectivity index (χ1n) is 14.0. The molecule has 1 aliphatic carbocycles. The van der Waals surface area contributed by atoms with Crippen LogP contribution >= 0.6 is 11.8 Å². The van der Waals surface area contributed by atoms with Crippen LogP contribution in [-0.2, 0) is 19.2 Å². The van der Waals surface area contributed by atoms with Crippen molar-refractivity contribution in [2.24, 2.45) is 23.7 Å². The number of carbonyl (C=O) groups excluding carboxylic acids is 3. The summed E-state index contributed by atoms with van der Waals surface area (Å²) in [5, 5.41) is 13.2. The van der Waals surface area contributed by atoms with Gasteiger partial charge in [0.05, 0.1) is 17.7 Å². The molecule has 4 rings (SSSR count). The van der Waals surface area contributed by atoms with E-state index in [-0.39, 0.29) is 47.6 Å². The van der Waals surface area contributed by atoms with Gasteiger partial charge in [0.1, 0.15) is 6.23 Å². The Morgan fingerprint density at radius 3 is 2.84 bits per heavy atom. The van der Waals surface area contributed by atoms with Crippen molar-refractivity contribution in [1.29, 1.82) is 0 Å². The molecule has 11 nitrogen and oxygen atoms in total. The zero-order chi connectivity index (χ0) is 26.2.